The number of aromatic nitrogens is 5. The van der Waals surface area contributed by atoms with Crippen LogP contribution >= 0.6 is 11.6 Å². The summed E-state index contributed by atoms with van der Waals surface area (Å²) < 4.78 is 17.1. The summed E-state index contributed by atoms with van der Waals surface area (Å²) in [7, 11) is 1.80. The van der Waals surface area contributed by atoms with Crippen LogP contribution in [-0.2, 0) is 24.7 Å². The van der Waals surface area contributed by atoms with Gasteiger partial charge in [-0.05, 0) is 48.7 Å². The first-order valence-corrected chi connectivity index (χ1v) is 11.1. The van der Waals surface area contributed by atoms with Gasteiger partial charge >= 0.3 is 0 Å². The highest BCUT2D eigenvalue weighted by atomic mass is 35.5. The largest absolute Gasteiger partial charge is 0.309 e. The molecule has 0 saturated carbocycles. The third-order valence-electron chi connectivity index (χ3n) is 5.80. The second kappa shape index (κ2) is 8.83. The van der Waals surface area contributed by atoms with E-state index in [1.807, 2.05) is 13.0 Å². The van der Waals surface area contributed by atoms with Gasteiger partial charge in [0, 0.05) is 37.1 Å². The molecule has 0 bridgehead atoms. The number of hydrogen-bond donors (Lipinski definition) is 1. The summed E-state index contributed by atoms with van der Waals surface area (Å²) in [4.78, 5) is 27.4. The molecule has 0 aliphatic carbocycles. The predicted octanol–water partition coefficient (Wildman–Crippen LogP) is 4.33. The van der Waals surface area contributed by atoms with Gasteiger partial charge in [-0.25, -0.2) is 19.3 Å². The Kier molecular flexibility index (Phi) is 5.70. The molecule has 1 atom stereocenters. The van der Waals surface area contributed by atoms with Crippen molar-refractivity contribution in [2.24, 2.45) is 7.05 Å². The fraction of sp³-hybridized carbons (Fsp3) is 0.208. The van der Waals surface area contributed by atoms with E-state index in [1.54, 1.807) is 54.6 Å². The second-order valence-corrected chi connectivity index (χ2v) is 8.50. The quantitative estimate of drug-likeness (QED) is 0.430. The molecule has 8 nitrogen and oxygen atoms in total. The van der Waals surface area contributed by atoms with E-state index in [9.17, 15) is 4.79 Å². The standard InChI is InChI=1S/C24H21ClFN7O/c1-14-10-17-11-16(19-5-8-28-24(30-19)31-20-6-9-29-32(20)2)12-18(26)22(17)33(14)21(34)13-15-4-3-7-27-23(15)25/h3-9,11-12,14H,10,13H2,1-2H3,(H,28,30,31). The first kappa shape index (κ1) is 22.0. The molecule has 1 N–H and O–H groups in total. The molecule has 172 valence electrons. The molecule has 0 spiro atoms. The Bertz CT molecular complexity index is 1390. The van der Waals surface area contributed by atoms with E-state index in [-0.39, 0.29) is 23.5 Å². The van der Waals surface area contributed by atoms with Gasteiger partial charge < -0.3 is 10.2 Å². The van der Waals surface area contributed by atoms with Crippen LogP contribution in [0.5, 0.6) is 0 Å². The molecule has 4 aromatic rings. The number of halogens is 2. The molecular weight excluding hydrogens is 457 g/mol. The van der Waals surface area contributed by atoms with Crippen molar-refractivity contribution in [1.82, 2.24) is 24.7 Å². The summed E-state index contributed by atoms with van der Waals surface area (Å²) in [6, 6.07) is 10.1. The molecule has 1 aliphatic rings. The Morgan fingerprint density at radius 3 is 2.82 bits per heavy atom. The number of nitrogens with zero attached hydrogens (tertiary/aromatic N) is 6. The molecular formula is C24H21ClFN7O. The minimum absolute atomic E-state index is 0.0482. The van der Waals surface area contributed by atoms with Crippen LogP contribution in [0.3, 0.4) is 0 Å². The van der Waals surface area contributed by atoms with Crippen molar-refractivity contribution in [3.05, 3.63) is 77.1 Å². The summed E-state index contributed by atoms with van der Waals surface area (Å²) in [5, 5.41) is 7.49. The third kappa shape index (κ3) is 4.10. The van der Waals surface area contributed by atoms with Crippen LogP contribution in [0.1, 0.15) is 18.1 Å². The number of nitrogens with one attached hydrogen (secondary N) is 1. The third-order valence-corrected chi connectivity index (χ3v) is 6.14. The minimum Gasteiger partial charge on any atom is -0.309 e. The summed E-state index contributed by atoms with van der Waals surface area (Å²) in [5.74, 6) is 0.411. The number of hydrogen-bond acceptors (Lipinski definition) is 6. The van der Waals surface area contributed by atoms with Gasteiger partial charge in [0.1, 0.15) is 16.8 Å². The number of fused-ring (bicyclic) bond motifs is 1. The van der Waals surface area contributed by atoms with Crippen molar-refractivity contribution >= 4 is 35.0 Å². The highest BCUT2D eigenvalue weighted by Gasteiger charge is 2.34. The maximum Gasteiger partial charge on any atom is 0.231 e. The average Bonchev–Trinajstić information content (AvgIpc) is 3.37. The molecule has 0 fully saturated rings. The zero-order valence-corrected chi connectivity index (χ0v) is 19.3. The molecule has 0 saturated heterocycles. The molecule has 10 heteroatoms. The number of carbonyl (C=O) groups is 1. The van der Waals surface area contributed by atoms with Crippen molar-refractivity contribution in [3.8, 4) is 11.3 Å². The van der Waals surface area contributed by atoms with Gasteiger partial charge in [-0.15, -0.1) is 0 Å². The SMILES string of the molecule is CC1Cc2cc(-c3ccnc(Nc4ccnn4C)n3)cc(F)c2N1C(=O)Cc1cccnc1Cl. The fourth-order valence-corrected chi connectivity index (χ4v) is 4.41. The highest BCUT2D eigenvalue weighted by molar-refractivity contribution is 6.30. The normalized spacial score (nSPS) is 14.8. The zero-order valence-electron chi connectivity index (χ0n) is 18.5. The monoisotopic (exact) mass is 477 g/mol. The number of rotatable bonds is 5. The van der Waals surface area contributed by atoms with Crippen molar-refractivity contribution in [3.63, 3.8) is 0 Å². The Morgan fingerprint density at radius 1 is 1.21 bits per heavy atom. The summed E-state index contributed by atoms with van der Waals surface area (Å²) in [6.45, 7) is 1.91. The van der Waals surface area contributed by atoms with Crippen LogP contribution < -0.4 is 10.2 Å². The zero-order chi connectivity index (χ0) is 23.8. The fourth-order valence-electron chi connectivity index (χ4n) is 4.22. The van der Waals surface area contributed by atoms with E-state index in [1.165, 1.54) is 11.0 Å². The number of pyridine rings is 1. The Morgan fingerprint density at radius 2 is 2.06 bits per heavy atom. The van der Waals surface area contributed by atoms with Crippen molar-refractivity contribution < 1.29 is 9.18 Å². The smallest absolute Gasteiger partial charge is 0.231 e. The summed E-state index contributed by atoms with van der Waals surface area (Å²) in [5.41, 5.74) is 2.86. The molecule has 1 unspecified atom stereocenters. The topological polar surface area (TPSA) is 88.8 Å². The van der Waals surface area contributed by atoms with E-state index < -0.39 is 5.82 Å². The van der Waals surface area contributed by atoms with E-state index >= 15 is 4.39 Å². The molecule has 1 aromatic carbocycles. The number of amides is 1. The van der Waals surface area contributed by atoms with Crippen LogP contribution in [0.2, 0.25) is 5.15 Å². The Hall–Kier alpha value is -3.85. The van der Waals surface area contributed by atoms with Crippen LogP contribution in [0.15, 0.2) is 55.0 Å². The van der Waals surface area contributed by atoms with Gasteiger partial charge in [0.2, 0.25) is 11.9 Å². The van der Waals surface area contributed by atoms with Gasteiger partial charge in [0.25, 0.3) is 0 Å². The Labute approximate surface area is 200 Å². The average molecular weight is 478 g/mol. The minimum atomic E-state index is -0.470. The van der Waals surface area contributed by atoms with E-state index in [0.29, 0.717) is 34.9 Å². The van der Waals surface area contributed by atoms with E-state index in [4.69, 9.17) is 11.6 Å². The van der Waals surface area contributed by atoms with Crippen molar-refractivity contribution in [2.75, 3.05) is 10.2 Å². The number of carbonyl (C=O) groups excluding carboxylic acids is 1. The lowest BCUT2D eigenvalue weighted by atomic mass is 10.0. The van der Waals surface area contributed by atoms with E-state index in [2.05, 4.69) is 25.4 Å². The van der Waals surface area contributed by atoms with Crippen molar-refractivity contribution in [2.45, 2.75) is 25.8 Å². The van der Waals surface area contributed by atoms with Crippen LogP contribution in [-0.4, -0.2) is 36.7 Å². The lowest BCUT2D eigenvalue weighted by Crippen LogP contribution is -2.37. The molecule has 0 radical (unpaired) electrons. The number of aryl methyl sites for hydroxylation is 1. The number of benzene rings is 1. The molecule has 1 amide bonds. The lowest BCUT2D eigenvalue weighted by Gasteiger charge is -2.23. The van der Waals surface area contributed by atoms with Gasteiger partial charge in [0.15, 0.2) is 0 Å². The highest BCUT2D eigenvalue weighted by Crippen LogP contribution is 2.38. The summed E-state index contributed by atoms with van der Waals surface area (Å²) in [6.07, 6.45) is 5.43. The number of anilines is 3. The van der Waals surface area contributed by atoms with Gasteiger partial charge in [-0.2, -0.15) is 5.10 Å². The molecule has 4 heterocycles. The molecule has 3 aromatic heterocycles. The first-order chi connectivity index (χ1) is 16.4. The molecule has 5 rings (SSSR count). The summed E-state index contributed by atoms with van der Waals surface area (Å²) >= 11 is 6.12. The lowest BCUT2D eigenvalue weighted by molar-refractivity contribution is -0.118. The maximum atomic E-state index is 15.4. The first-order valence-electron chi connectivity index (χ1n) is 10.7. The van der Waals surface area contributed by atoms with E-state index in [0.717, 1.165) is 11.4 Å². The predicted molar refractivity (Wildman–Crippen MR) is 128 cm³/mol. The maximum absolute atomic E-state index is 15.4. The van der Waals surface area contributed by atoms with Crippen LogP contribution in [0.4, 0.5) is 21.8 Å². The molecule has 1 aliphatic heterocycles. The van der Waals surface area contributed by atoms with Gasteiger partial charge in [-0.1, -0.05) is 17.7 Å². The van der Waals surface area contributed by atoms with Gasteiger partial charge in [0.05, 0.1) is 24.0 Å². The Balaban J connectivity index is 1.44. The van der Waals surface area contributed by atoms with Crippen LogP contribution in [0.25, 0.3) is 11.3 Å². The van der Waals surface area contributed by atoms with Crippen LogP contribution in [0, 0.1) is 5.82 Å². The molecule has 34 heavy (non-hydrogen) atoms. The second-order valence-electron chi connectivity index (χ2n) is 8.14. The van der Waals surface area contributed by atoms with Crippen molar-refractivity contribution in [1.29, 1.82) is 0 Å². The van der Waals surface area contributed by atoms with Gasteiger partial charge in [-0.3, -0.25) is 9.48 Å².